The Morgan fingerprint density at radius 1 is 1.32 bits per heavy atom. The third-order valence-electron chi connectivity index (χ3n) is 2.91. The van der Waals surface area contributed by atoms with Crippen LogP contribution in [0.2, 0.25) is 0 Å². The van der Waals surface area contributed by atoms with Gasteiger partial charge in [-0.15, -0.1) is 0 Å². The second-order valence-electron chi connectivity index (χ2n) is 4.71. The number of anilines is 1. The van der Waals surface area contributed by atoms with Crippen molar-refractivity contribution < 1.29 is 9.00 Å². The molecule has 0 aliphatic rings. The molecule has 0 bridgehead atoms. The van der Waals surface area contributed by atoms with Gasteiger partial charge in [0.1, 0.15) is 5.25 Å². The standard InChI is InChI=1S/C14H22N2O2S/c1-4-5-10(2)16-14(17)11(3)19(18)13-8-6-12(15)7-9-13/h6-11H,4-5,15H2,1-3H3,(H,16,17). The zero-order chi connectivity index (χ0) is 14.4. The quantitative estimate of drug-likeness (QED) is 0.785. The minimum Gasteiger partial charge on any atom is -0.399 e. The van der Waals surface area contributed by atoms with E-state index < -0.39 is 16.0 Å². The molecule has 0 aromatic heterocycles. The van der Waals surface area contributed by atoms with Crippen molar-refractivity contribution in [2.45, 2.75) is 49.8 Å². The zero-order valence-corrected chi connectivity index (χ0v) is 12.5. The van der Waals surface area contributed by atoms with E-state index in [1.54, 1.807) is 31.2 Å². The first-order chi connectivity index (χ1) is 8.95. The fraction of sp³-hybridized carbons (Fsp3) is 0.500. The van der Waals surface area contributed by atoms with E-state index >= 15 is 0 Å². The third kappa shape index (κ3) is 4.67. The molecule has 0 aliphatic heterocycles. The smallest absolute Gasteiger partial charge is 0.236 e. The molecule has 0 aliphatic carbocycles. The van der Waals surface area contributed by atoms with E-state index in [4.69, 9.17) is 5.73 Å². The maximum atomic E-state index is 12.2. The maximum absolute atomic E-state index is 12.2. The number of carbonyl (C=O) groups excluding carboxylic acids is 1. The third-order valence-corrected chi connectivity index (χ3v) is 4.51. The Labute approximate surface area is 117 Å². The minimum absolute atomic E-state index is 0.114. The van der Waals surface area contributed by atoms with Crippen molar-refractivity contribution >= 4 is 22.4 Å². The highest BCUT2D eigenvalue weighted by Crippen LogP contribution is 2.14. The highest BCUT2D eigenvalue weighted by Gasteiger charge is 2.22. The number of hydrogen-bond acceptors (Lipinski definition) is 3. The van der Waals surface area contributed by atoms with E-state index in [1.165, 1.54) is 0 Å². The molecule has 106 valence electrons. The van der Waals surface area contributed by atoms with Crippen LogP contribution in [-0.4, -0.2) is 21.4 Å². The van der Waals surface area contributed by atoms with Gasteiger partial charge in [0.15, 0.2) is 0 Å². The summed E-state index contributed by atoms with van der Waals surface area (Å²) in [5.41, 5.74) is 6.20. The molecule has 1 aromatic rings. The van der Waals surface area contributed by atoms with Gasteiger partial charge >= 0.3 is 0 Å². The van der Waals surface area contributed by atoms with Crippen LogP contribution in [0.15, 0.2) is 29.2 Å². The zero-order valence-electron chi connectivity index (χ0n) is 11.7. The molecule has 19 heavy (non-hydrogen) atoms. The number of hydrogen-bond donors (Lipinski definition) is 2. The first kappa shape index (κ1) is 15.7. The molecule has 0 radical (unpaired) electrons. The van der Waals surface area contributed by atoms with Crippen molar-refractivity contribution in [3.8, 4) is 0 Å². The second-order valence-corrected chi connectivity index (χ2v) is 6.48. The van der Waals surface area contributed by atoms with Gasteiger partial charge in [0.25, 0.3) is 0 Å². The minimum atomic E-state index is -1.35. The van der Waals surface area contributed by atoms with Crippen LogP contribution in [0.3, 0.4) is 0 Å². The van der Waals surface area contributed by atoms with Gasteiger partial charge in [-0.25, -0.2) is 0 Å². The van der Waals surface area contributed by atoms with Crippen molar-refractivity contribution in [1.29, 1.82) is 0 Å². The largest absolute Gasteiger partial charge is 0.399 e. The molecule has 0 heterocycles. The summed E-state index contributed by atoms with van der Waals surface area (Å²) in [7, 11) is -1.35. The van der Waals surface area contributed by atoms with Crippen molar-refractivity contribution in [3.05, 3.63) is 24.3 Å². The molecule has 3 atom stereocenters. The molecule has 0 saturated heterocycles. The molecule has 0 saturated carbocycles. The van der Waals surface area contributed by atoms with E-state index in [-0.39, 0.29) is 11.9 Å². The monoisotopic (exact) mass is 282 g/mol. The number of rotatable bonds is 6. The summed E-state index contributed by atoms with van der Waals surface area (Å²) >= 11 is 0. The van der Waals surface area contributed by atoms with E-state index in [1.807, 2.05) is 6.92 Å². The summed E-state index contributed by atoms with van der Waals surface area (Å²) in [5, 5.41) is 2.32. The molecule has 1 aromatic carbocycles. The second kappa shape index (κ2) is 7.28. The topological polar surface area (TPSA) is 72.2 Å². The Morgan fingerprint density at radius 3 is 2.42 bits per heavy atom. The summed E-state index contributed by atoms with van der Waals surface area (Å²) in [6.45, 7) is 5.71. The lowest BCUT2D eigenvalue weighted by molar-refractivity contribution is -0.121. The van der Waals surface area contributed by atoms with Crippen LogP contribution in [-0.2, 0) is 15.6 Å². The number of amides is 1. The van der Waals surface area contributed by atoms with Crippen LogP contribution >= 0.6 is 0 Å². The van der Waals surface area contributed by atoms with Gasteiger partial charge in [-0.1, -0.05) is 13.3 Å². The summed E-state index contributed by atoms with van der Waals surface area (Å²) < 4.78 is 12.2. The van der Waals surface area contributed by atoms with Crippen LogP contribution in [0.4, 0.5) is 5.69 Å². The lowest BCUT2D eigenvalue weighted by Crippen LogP contribution is -2.40. The lowest BCUT2D eigenvalue weighted by atomic mass is 10.2. The fourth-order valence-electron chi connectivity index (χ4n) is 1.77. The van der Waals surface area contributed by atoms with Crippen LogP contribution in [0.25, 0.3) is 0 Å². The Hall–Kier alpha value is -1.36. The molecular formula is C14H22N2O2S. The van der Waals surface area contributed by atoms with E-state index in [9.17, 15) is 9.00 Å². The summed E-state index contributed by atoms with van der Waals surface area (Å²) in [6.07, 6.45) is 1.93. The van der Waals surface area contributed by atoms with Gasteiger partial charge in [-0.3, -0.25) is 9.00 Å². The van der Waals surface area contributed by atoms with Crippen LogP contribution in [0.1, 0.15) is 33.6 Å². The van der Waals surface area contributed by atoms with Crippen LogP contribution in [0.5, 0.6) is 0 Å². The van der Waals surface area contributed by atoms with Gasteiger partial charge in [0.05, 0.1) is 10.8 Å². The van der Waals surface area contributed by atoms with Crippen LogP contribution < -0.4 is 11.1 Å². The summed E-state index contributed by atoms with van der Waals surface area (Å²) in [4.78, 5) is 12.6. The van der Waals surface area contributed by atoms with Crippen molar-refractivity contribution in [2.24, 2.45) is 0 Å². The van der Waals surface area contributed by atoms with E-state index in [0.717, 1.165) is 12.8 Å². The number of carbonyl (C=O) groups is 1. The number of benzene rings is 1. The highest BCUT2D eigenvalue weighted by atomic mass is 32.2. The molecule has 4 nitrogen and oxygen atoms in total. The maximum Gasteiger partial charge on any atom is 0.236 e. The van der Waals surface area contributed by atoms with Gasteiger partial charge in [0.2, 0.25) is 5.91 Å². The van der Waals surface area contributed by atoms with E-state index in [2.05, 4.69) is 12.2 Å². The van der Waals surface area contributed by atoms with Crippen molar-refractivity contribution in [1.82, 2.24) is 5.32 Å². The average molecular weight is 282 g/mol. The van der Waals surface area contributed by atoms with E-state index in [0.29, 0.717) is 10.6 Å². The number of nitrogen functional groups attached to an aromatic ring is 1. The summed E-state index contributed by atoms with van der Waals surface area (Å²) in [5.74, 6) is -0.170. The fourth-order valence-corrected chi connectivity index (χ4v) is 2.84. The van der Waals surface area contributed by atoms with Gasteiger partial charge in [0, 0.05) is 16.6 Å². The average Bonchev–Trinajstić information content (AvgIpc) is 2.38. The molecule has 5 heteroatoms. The van der Waals surface area contributed by atoms with Crippen molar-refractivity contribution in [3.63, 3.8) is 0 Å². The van der Waals surface area contributed by atoms with Gasteiger partial charge in [-0.05, 0) is 44.5 Å². The Kier molecular flexibility index (Phi) is 6.02. The molecule has 0 fully saturated rings. The Balaban J connectivity index is 2.66. The van der Waals surface area contributed by atoms with Gasteiger partial charge < -0.3 is 11.1 Å². The molecule has 0 spiro atoms. The molecule has 3 N–H and O–H groups in total. The SMILES string of the molecule is CCCC(C)NC(=O)C(C)S(=O)c1ccc(N)cc1. The first-order valence-electron chi connectivity index (χ1n) is 6.52. The normalized spacial score (nSPS) is 15.5. The molecule has 3 unspecified atom stereocenters. The molecule has 1 rings (SSSR count). The molecule has 1 amide bonds. The van der Waals surface area contributed by atoms with Crippen LogP contribution in [0, 0.1) is 0 Å². The van der Waals surface area contributed by atoms with Gasteiger partial charge in [-0.2, -0.15) is 0 Å². The first-order valence-corrected chi connectivity index (χ1v) is 7.73. The summed E-state index contributed by atoms with van der Waals surface area (Å²) in [6, 6.07) is 6.90. The Bertz CT molecular complexity index is 445. The predicted octanol–water partition coefficient (Wildman–Crippen LogP) is 2.07. The predicted molar refractivity (Wildman–Crippen MR) is 79.2 cm³/mol. The molecular weight excluding hydrogens is 260 g/mol. The Morgan fingerprint density at radius 2 is 1.89 bits per heavy atom. The number of nitrogens with one attached hydrogen (secondary N) is 1. The highest BCUT2D eigenvalue weighted by molar-refractivity contribution is 7.86. The lowest BCUT2D eigenvalue weighted by Gasteiger charge is -2.16. The number of nitrogens with two attached hydrogens (primary N) is 1. The van der Waals surface area contributed by atoms with Crippen molar-refractivity contribution in [2.75, 3.05) is 5.73 Å².